The molecule has 4 aromatic rings. The van der Waals surface area contributed by atoms with Gasteiger partial charge in [-0.25, -0.2) is 9.97 Å². The standard InChI is InChI=1S/C26H25N5O2/c1-27-25(18-8-4-3-5-9-18)26(32)31-20-14-12-19(13-15-20)30-24-16-22(28-17-29-24)21-10-6-7-11-23(21)33-2/h3-17,25,27H,1-2H3,(H,31,32)(H,28,29,30). The van der Waals surface area contributed by atoms with Crippen molar-refractivity contribution < 1.29 is 9.53 Å². The van der Waals surface area contributed by atoms with Crippen molar-refractivity contribution in [2.24, 2.45) is 0 Å². The Morgan fingerprint density at radius 1 is 0.879 bits per heavy atom. The number of anilines is 3. The number of hydrogen-bond acceptors (Lipinski definition) is 6. The van der Waals surface area contributed by atoms with Gasteiger partial charge in [-0.2, -0.15) is 0 Å². The monoisotopic (exact) mass is 439 g/mol. The van der Waals surface area contributed by atoms with Crippen molar-refractivity contribution in [2.75, 3.05) is 24.8 Å². The van der Waals surface area contributed by atoms with Crippen molar-refractivity contribution in [1.82, 2.24) is 15.3 Å². The van der Waals surface area contributed by atoms with Gasteiger partial charge in [0.1, 0.15) is 23.9 Å². The maximum atomic E-state index is 12.7. The van der Waals surface area contributed by atoms with E-state index in [1.54, 1.807) is 14.2 Å². The minimum absolute atomic E-state index is 0.123. The molecule has 0 fully saturated rings. The lowest BCUT2D eigenvalue weighted by molar-refractivity contribution is -0.118. The second-order valence-corrected chi connectivity index (χ2v) is 7.31. The summed E-state index contributed by atoms with van der Waals surface area (Å²) in [5, 5.41) is 9.29. The van der Waals surface area contributed by atoms with Crippen LogP contribution in [0.4, 0.5) is 17.2 Å². The molecule has 1 heterocycles. The summed E-state index contributed by atoms with van der Waals surface area (Å²) in [5.41, 5.74) is 4.10. The molecular weight excluding hydrogens is 414 g/mol. The Bertz CT molecular complexity index is 1210. The van der Waals surface area contributed by atoms with Crippen molar-refractivity contribution in [2.45, 2.75) is 6.04 Å². The SMILES string of the molecule is CNC(C(=O)Nc1ccc(Nc2cc(-c3ccccc3OC)ncn2)cc1)c1ccccc1. The van der Waals surface area contributed by atoms with Crippen LogP contribution in [0.15, 0.2) is 91.3 Å². The third kappa shape index (κ3) is 5.34. The molecule has 0 aliphatic heterocycles. The normalized spacial score (nSPS) is 11.5. The maximum Gasteiger partial charge on any atom is 0.246 e. The molecule has 1 atom stereocenters. The molecule has 1 aromatic heterocycles. The van der Waals surface area contributed by atoms with Gasteiger partial charge in [0.15, 0.2) is 0 Å². The van der Waals surface area contributed by atoms with Crippen molar-refractivity contribution in [3.8, 4) is 17.0 Å². The number of rotatable bonds is 8. The lowest BCUT2D eigenvalue weighted by Gasteiger charge is -2.16. The van der Waals surface area contributed by atoms with Crippen LogP contribution in [0.5, 0.6) is 5.75 Å². The lowest BCUT2D eigenvalue weighted by atomic mass is 10.1. The zero-order chi connectivity index (χ0) is 23.0. The Balaban J connectivity index is 1.44. The van der Waals surface area contributed by atoms with Gasteiger partial charge < -0.3 is 20.7 Å². The Labute approximate surface area is 192 Å². The summed E-state index contributed by atoms with van der Waals surface area (Å²) in [7, 11) is 3.41. The first kappa shape index (κ1) is 22.0. The highest BCUT2D eigenvalue weighted by Gasteiger charge is 2.18. The average molecular weight is 440 g/mol. The number of para-hydroxylation sites is 1. The topological polar surface area (TPSA) is 88.2 Å². The zero-order valence-electron chi connectivity index (χ0n) is 18.4. The molecule has 0 aliphatic carbocycles. The number of amides is 1. The number of aromatic nitrogens is 2. The number of methoxy groups -OCH3 is 1. The largest absolute Gasteiger partial charge is 0.496 e. The molecule has 1 amide bonds. The van der Waals surface area contributed by atoms with Gasteiger partial charge in [-0.15, -0.1) is 0 Å². The molecule has 0 spiro atoms. The smallest absolute Gasteiger partial charge is 0.246 e. The van der Waals surface area contributed by atoms with E-state index in [4.69, 9.17) is 4.74 Å². The van der Waals surface area contributed by atoms with E-state index >= 15 is 0 Å². The number of hydrogen-bond donors (Lipinski definition) is 3. The molecule has 4 rings (SSSR count). The number of carbonyl (C=O) groups is 1. The molecular formula is C26H25N5O2. The van der Waals surface area contributed by atoms with Gasteiger partial charge in [0.2, 0.25) is 5.91 Å². The van der Waals surface area contributed by atoms with Crippen molar-refractivity contribution in [1.29, 1.82) is 0 Å². The maximum absolute atomic E-state index is 12.7. The fourth-order valence-electron chi connectivity index (χ4n) is 3.52. The molecule has 7 nitrogen and oxygen atoms in total. The summed E-state index contributed by atoms with van der Waals surface area (Å²) in [6.45, 7) is 0. The zero-order valence-corrected chi connectivity index (χ0v) is 18.4. The van der Waals surface area contributed by atoms with E-state index in [1.165, 1.54) is 6.33 Å². The number of nitrogens with zero attached hydrogens (tertiary/aromatic N) is 2. The first-order valence-corrected chi connectivity index (χ1v) is 10.5. The molecule has 7 heteroatoms. The van der Waals surface area contributed by atoms with Gasteiger partial charge in [0.25, 0.3) is 0 Å². The van der Waals surface area contributed by atoms with Crippen LogP contribution in [0, 0.1) is 0 Å². The molecule has 0 saturated heterocycles. The summed E-state index contributed by atoms with van der Waals surface area (Å²) >= 11 is 0. The minimum Gasteiger partial charge on any atom is -0.496 e. The van der Waals surface area contributed by atoms with Crippen LogP contribution in [-0.4, -0.2) is 30.0 Å². The Kier molecular flexibility index (Phi) is 6.92. The highest BCUT2D eigenvalue weighted by molar-refractivity contribution is 5.95. The molecule has 3 aromatic carbocycles. The van der Waals surface area contributed by atoms with E-state index in [9.17, 15) is 4.79 Å². The van der Waals surface area contributed by atoms with Gasteiger partial charge in [-0.3, -0.25) is 4.79 Å². The molecule has 0 saturated carbocycles. The van der Waals surface area contributed by atoms with Crippen LogP contribution in [0.25, 0.3) is 11.3 Å². The number of likely N-dealkylation sites (N-methyl/N-ethyl adjacent to an activating group) is 1. The van der Waals surface area contributed by atoms with Gasteiger partial charge in [0.05, 0.1) is 12.8 Å². The molecule has 0 bridgehead atoms. The first-order chi connectivity index (χ1) is 16.2. The number of nitrogens with one attached hydrogen (secondary N) is 3. The summed E-state index contributed by atoms with van der Waals surface area (Å²) in [4.78, 5) is 21.4. The number of carbonyl (C=O) groups excluding carboxylic acids is 1. The average Bonchev–Trinajstić information content (AvgIpc) is 2.86. The quantitative estimate of drug-likeness (QED) is 0.366. The van der Waals surface area contributed by atoms with E-state index < -0.39 is 6.04 Å². The van der Waals surface area contributed by atoms with Gasteiger partial charge in [0, 0.05) is 23.0 Å². The second kappa shape index (κ2) is 10.4. The van der Waals surface area contributed by atoms with Gasteiger partial charge in [-0.05, 0) is 49.0 Å². The molecule has 0 radical (unpaired) electrons. The van der Waals surface area contributed by atoms with E-state index in [1.807, 2.05) is 84.9 Å². The number of ether oxygens (including phenoxy) is 1. The van der Waals surface area contributed by atoms with E-state index in [2.05, 4.69) is 25.9 Å². The summed E-state index contributed by atoms with van der Waals surface area (Å²) in [6, 6.07) is 26.2. The molecule has 166 valence electrons. The van der Waals surface area contributed by atoms with Crippen LogP contribution in [0.2, 0.25) is 0 Å². The molecule has 1 unspecified atom stereocenters. The Morgan fingerprint density at radius 2 is 1.58 bits per heavy atom. The first-order valence-electron chi connectivity index (χ1n) is 10.5. The van der Waals surface area contributed by atoms with E-state index in [0.717, 1.165) is 28.3 Å². The van der Waals surface area contributed by atoms with Crippen LogP contribution < -0.4 is 20.7 Å². The van der Waals surface area contributed by atoms with Crippen molar-refractivity contribution >= 4 is 23.1 Å². The van der Waals surface area contributed by atoms with E-state index in [-0.39, 0.29) is 5.91 Å². The fraction of sp³-hybridized carbons (Fsp3) is 0.115. The summed E-state index contributed by atoms with van der Waals surface area (Å²) in [6.07, 6.45) is 1.51. The number of benzene rings is 3. The van der Waals surface area contributed by atoms with Gasteiger partial charge in [-0.1, -0.05) is 42.5 Å². The minimum atomic E-state index is -0.432. The van der Waals surface area contributed by atoms with E-state index in [0.29, 0.717) is 11.5 Å². The van der Waals surface area contributed by atoms with Crippen LogP contribution in [-0.2, 0) is 4.79 Å². The van der Waals surface area contributed by atoms with Gasteiger partial charge >= 0.3 is 0 Å². The third-order valence-corrected chi connectivity index (χ3v) is 5.16. The molecule has 33 heavy (non-hydrogen) atoms. The second-order valence-electron chi connectivity index (χ2n) is 7.31. The highest BCUT2D eigenvalue weighted by Crippen LogP contribution is 2.29. The van der Waals surface area contributed by atoms with Crippen LogP contribution in [0.1, 0.15) is 11.6 Å². The van der Waals surface area contributed by atoms with Crippen molar-refractivity contribution in [3.63, 3.8) is 0 Å². The highest BCUT2D eigenvalue weighted by atomic mass is 16.5. The van der Waals surface area contributed by atoms with Crippen LogP contribution >= 0.6 is 0 Å². The fourth-order valence-corrected chi connectivity index (χ4v) is 3.52. The van der Waals surface area contributed by atoms with Crippen molar-refractivity contribution in [3.05, 3.63) is 96.8 Å². The third-order valence-electron chi connectivity index (χ3n) is 5.16. The lowest BCUT2D eigenvalue weighted by Crippen LogP contribution is -2.30. The Morgan fingerprint density at radius 3 is 2.30 bits per heavy atom. The predicted molar refractivity (Wildman–Crippen MR) is 131 cm³/mol. The predicted octanol–water partition coefficient (Wildman–Crippen LogP) is 4.80. The van der Waals surface area contributed by atoms with Crippen LogP contribution in [0.3, 0.4) is 0 Å². The Hall–Kier alpha value is -4.23. The molecule has 0 aliphatic rings. The summed E-state index contributed by atoms with van der Waals surface area (Å²) < 4.78 is 5.44. The summed E-state index contributed by atoms with van der Waals surface area (Å²) in [5.74, 6) is 1.28. The molecule has 3 N–H and O–H groups in total.